The third-order valence-electron chi connectivity index (χ3n) is 2.18. The number of amides is 1. The number of hydrogen-bond donors (Lipinski definition) is 1. The van der Waals surface area contributed by atoms with Gasteiger partial charge in [-0.1, -0.05) is 0 Å². The number of anilines is 2. The third-order valence-corrected chi connectivity index (χ3v) is 2.18. The lowest BCUT2D eigenvalue weighted by Crippen LogP contribution is -2.21. The van der Waals surface area contributed by atoms with E-state index in [4.69, 9.17) is 10.5 Å². The van der Waals surface area contributed by atoms with E-state index in [-0.39, 0.29) is 18.3 Å². The molecule has 6 heteroatoms. The van der Waals surface area contributed by atoms with Gasteiger partial charge in [0, 0.05) is 7.05 Å². The van der Waals surface area contributed by atoms with Crippen molar-refractivity contribution in [3.8, 4) is 5.88 Å². The van der Waals surface area contributed by atoms with Gasteiger partial charge in [0.25, 0.3) is 0 Å². The number of nitrogen functional groups attached to an aromatic ring is 1. The number of aromatic nitrogens is 2. The maximum absolute atomic E-state index is 11.4. The van der Waals surface area contributed by atoms with Crippen molar-refractivity contribution in [2.75, 3.05) is 24.8 Å². The van der Waals surface area contributed by atoms with Gasteiger partial charge in [-0.25, -0.2) is 0 Å². The van der Waals surface area contributed by atoms with Crippen LogP contribution in [0.2, 0.25) is 0 Å². The molecule has 6 nitrogen and oxygen atoms in total. The zero-order chi connectivity index (χ0) is 10.3. The fourth-order valence-corrected chi connectivity index (χ4v) is 1.46. The Morgan fingerprint density at radius 2 is 2.21 bits per heavy atom. The van der Waals surface area contributed by atoms with Gasteiger partial charge in [0.15, 0.2) is 0 Å². The summed E-state index contributed by atoms with van der Waals surface area (Å²) in [5.74, 6) is 1.00. The van der Waals surface area contributed by atoms with Gasteiger partial charge in [-0.15, -0.1) is 0 Å². The summed E-state index contributed by atoms with van der Waals surface area (Å²) in [6.45, 7) is 0. The topological polar surface area (TPSA) is 81.3 Å². The molecular formula is C8H10N4O2. The van der Waals surface area contributed by atoms with Crippen LogP contribution in [0.15, 0.2) is 0 Å². The Morgan fingerprint density at radius 3 is 2.86 bits per heavy atom. The zero-order valence-corrected chi connectivity index (χ0v) is 7.94. The van der Waals surface area contributed by atoms with Gasteiger partial charge < -0.3 is 10.5 Å². The predicted molar refractivity (Wildman–Crippen MR) is 50.1 cm³/mol. The van der Waals surface area contributed by atoms with Gasteiger partial charge in [0.05, 0.1) is 19.1 Å². The molecular weight excluding hydrogens is 184 g/mol. The quantitative estimate of drug-likeness (QED) is 0.657. The number of fused-ring (bicyclic) bond motifs is 1. The summed E-state index contributed by atoms with van der Waals surface area (Å²) in [6, 6.07) is 0. The molecule has 0 atom stereocenters. The average Bonchev–Trinajstić information content (AvgIpc) is 2.43. The number of hydrogen-bond acceptors (Lipinski definition) is 5. The highest BCUT2D eigenvalue weighted by Crippen LogP contribution is 2.32. The van der Waals surface area contributed by atoms with E-state index in [1.165, 1.54) is 12.0 Å². The second-order valence-electron chi connectivity index (χ2n) is 3.02. The monoisotopic (exact) mass is 194 g/mol. The van der Waals surface area contributed by atoms with E-state index in [0.717, 1.165) is 0 Å². The van der Waals surface area contributed by atoms with Gasteiger partial charge in [-0.05, 0) is 0 Å². The normalized spacial score (nSPS) is 14.4. The maximum Gasteiger partial charge on any atom is 0.232 e. The van der Waals surface area contributed by atoms with E-state index in [2.05, 4.69) is 9.97 Å². The molecule has 2 heterocycles. The number of nitrogens with zero attached hydrogens (tertiary/aromatic N) is 3. The van der Waals surface area contributed by atoms with E-state index in [1.807, 2.05) is 0 Å². The van der Waals surface area contributed by atoms with E-state index < -0.39 is 0 Å². The van der Waals surface area contributed by atoms with Crippen molar-refractivity contribution in [3.05, 3.63) is 5.56 Å². The van der Waals surface area contributed by atoms with Crippen LogP contribution >= 0.6 is 0 Å². The molecule has 0 aromatic carbocycles. The van der Waals surface area contributed by atoms with Crippen molar-refractivity contribution in [1.29, 1.82) is 0 Å². The largest absolute Gasteiger partial charge is 0.481 e. The van der Waals surface area contributed by atoms with Gasteiger partial charge >= 0.3 is 0 Å². The molecule has 1 aliphatic heterocycles. The Balaban J connectivity index is 2.61. The number of methoxy groups -OCH3 is 1. The highest BCUT2D eigenvalue weighted by atomic mass is 16.5. The Morgan fingerprint density at radius 1 is 1.50 bits per heavy atom. The minimum Gasteiger partial charge on any atom is -0.481 e. The molecule has 0 bridgehead atoms. The summed E-state index contributed by atoms with van der Waals surface area (Å²) in [6.07, 6.45) is 0.273. The van der Waals surface area contributed by atoms with Crippen molar-refractivity contribution in [3.63, 3.8) is 0 Å². The first-order valence-electron chi connectivity index (χ1n) is 4.10. The third kappa shape index (κ3) is 1.07. The first kappa shape index (κ1) is 8.74. The van der Waals surface area contributed by atoms with Gasteiger partial charge in [0.2, 0.25) is 17.7 Å². The van der Waals surface area contributed by atoms with Crippen molar-refractivity contribution in [2.24, 2.45) is 0 Å². The number of ether oxygens (including phenoxy) is 1. The predicted octanol–water partition coefficient (Wildman–Crippen LogP) is -0.414. The molecule has 1 aliphatic rings. The number of carbonyl (C=O) groups excluding carboxylic acids is 1. The SMILES string of the molecule is COc1nc(N)nc2c1CC(=O)N2C. The fraction of sp³-hybridized carbons (Fsp3) is 0.375. The van der Waals surface area contributed by atoms with Gasteiger partial charge in [-0.3, -0.25) is 9.69 Å². The highest BCUT2D eigenvalue weighted by molar-refractivity contribution is 6.00. The molecule has 1 aromatic rings. The first-order chi connectivity index (χ1) is 6.63. The summed E-state index contributed by atoms with van der Waals surface area (Å²) in [4.78, 5) is 20.7. The van der Waals surface area contributed by atoms with Crippen LogP contribution in [0.25, 0.3) is 0 Å². The van der Waals surface area contributed by atoms with Crippen LogP contribution in [-0.2, 0) is 11.2 Å². The van der Waals surface area contributed by atoms with Crippen molar-refractivity contribution >= 4 is 17.7 Å². The average molecular weight is 194 g/mol. The smallest absolute Gasteiger partial charge is 0.232 e. The second-order valence-corrected chi connectivity index (χ2v) is 3.02. The molecule has 2 rings (SSSR count). The van der Waals surface area contributed by atoms with Crippen LogP contribution < -0.4 is 15.4 Å². The lowest BCUT2D eigenvalue weighted by Gasteiger charge is -2.09. The van der Waals surface area contributed by atoms with Crippen LogP contribution in [0.4, 0.5) is 11.8 Å². The molecule has 1 amide bonds. The molecule has 0 saturated heterocycles. The molecule has 0 radical (unpaired) electrons. The summed E-state index contributed by atoms with van der Waals surface area (Å²) >= 11 is 0. The van der Waals surface area contributed by atoms with Crippen LogP contribution in [0.5, 0.6) is 5.88 Å². The summed E-state index contributed by atoms with van der Waals surface area (Å²) in [5.41, 5.74) is 6.18. The molecule has 2 N–H and O–H groups in total. The zero-order valence-electron chi connectivity index (χ0n) is 7.94. The molecule has 0 aliphatic carbocycles. The molecule has 0 saturated carbocycles. The van der Waals surface area contributed by atoms with Crippen LogP contribution in [0.1, 0.15) is 5.56 Å². The molecule has 0 fully saturated rings. The van der Waals surface area contributed by atoms with E-state index in [0.29, 0.717) is 17.3 Å². The maximum atomic E-state index is 11.4. The van der Waals surface area contributed by atoms with Gasteiger partial charge in [-0.2, -0.15) is 9.97 Å². The Labute approximate surface area is 80.7 Å². The number of carbonyl (C=O) groups is 1. The van der Waals surface area contributed by atoms with Crippen molar-refractivity contribution < 1.29 is 9.53 Å². The molecule has 1 aromatic heterocycles. The molecule has 14 heavy (non-hydrogen) atoms. The summed E-state index contributed by atoms with van der Waals surface area (Å²) in [5, 5.41) is 0. The summed E-state index contributed by atoms with van der Waals surface area (Å²) in [7, 11) is 3.14. The highest BCUT2D eigenvalue weighted by Gasteiger charge is 2.30. The number of likely N-dealkylation sites (N-methyl/N-ethyl adjacent to an activating group) is 1. The Kier molecular flexibility index (Phi) is 1.77. The second kappa shape index (κ2) is 2.83. The Bertz CT molecular complexity index is 405. The van der Waals surface area contributed by atoms with Gasteiger partial charge in [0.1, 0.15) is 5.82 Å². The standard InChI is InChI=1S/C8H10N4O2/c1-12-5(13)3-4-6(12)10-8(9)11-7(4)14-2/h3H2,1-2H3,(H2,9,10,11). The molecule has 74 valence electrons. The van der Waals surface area contributed by atoms with Crippen molar-refractivity contribution in [1.82, 2.24) is 9.97 Å². The molecule has 0 spiro atoms. The number of nitrogens with two attached hydrogens (primary N) is 1. The fourth-order valence-electron chi connectivity index (χ4n) is 1.46. The molecule has 0 unspecified atom stereocenters. The Hall–Kier alpha value is -1.85. The lowest BCUT2D eigenvalue weighted by molar-refractivity contribution is -0.117. The minimum atomic E-state index is -0.0294. The van der Waals surface area contributed by atoms with Crippen LogP contribution in [0.3, 0.4) is 0 Å². The lowest BCUT2D eigenvalue weighted by atomic mass is 10.2. The minimum absolute atomic E-state index is 0.0294. The van der Waals surface area contributed by atoms with E-state index in [9.17, 15) is 4.79 Å². The van der Waals surface area contributed by atoms with E-state index in [1.54, 1.807) is 7.05 Å². The number of rotatable bonds is 1. The summed E-state index contributed by atoms with van der Waals surface area (Å²) < 4.78 is 5.02. The van der Waals surface area contributed by atoms with Crippen molar-refractivity contribution in [2.45, 2.75) is 6.42 Å². The first-order valence-corrected chi connectivity index (χ1v) is 4.10. The van der Waals surface area contributed by atoms with Crippen LogP contribution in [0, 0.1) is 0 Å². The van der Waals surface area contributed by atoms with E-state index >= 15 is 0 Å². The van der Waals surface area contributed by atoms with Crippen LogP contribution in [-0.4, -0.2) is 30.0 Å².